The van der Waals surface area contributed by atoms with Crippen molar-refractivity contribution >= 4 is 26.7 Å². The lowest BCUT2D eigenvalue weighted by Gasteiger charge is -2.10. The number of pyridine rings is 1. The molecule has 0 unspecified atom stereocenters. The number of aromatic hydroxyl groups is 1. The van der Waals surface area contributed by atoms with E-state index < -0.39 is 0 Å². The minimum Gasteiger partial charge on any atom is -0.504 e. The Labute approximate surface area is 125 Å². The van der Waals surface area contributed by atoms with Crippen LogP contribution in [0.2, 0.25) is 0 Å². The third kappa shape index (κ3) is 2.47. The molecule has 0 saturated heterocycles. The van der Waals surface area contributed by atoms with Crippen LogP contribution < -0.4 is 4.74 Å². The van der Waals surface area contributed by atoms with Gasteiger partial charge in [-0.15, -0.1) is 0 Å². The number of halogens is 1. The van der Waals surface area contributed by atoms with Gasteiger partial charge in [0, 0.05) is 6.20 Å². The Hall–Kier alpha value is -2.07. The van der Waals surface area contributed by atoms with E-state index in [1.165, 1.54) is 0 Å². The molecule has 0 radical (unpaired) electrons. The number of aromatic nitrogens is 1. The van der Waals surface area contributed by atoms with Crippen LogP contribution in [0.3, 0.4) is 0 Å². The first kappa shape index (κ1) is 12.9. The van der Waals surface area contributed by atoms with Crippen LogP contribution in [0.25, 0.3) is 10.8 Å². The summed E-state index contributed by atoms with van der Waals surface area (Å²) in [6.45, 7) is 1.95. The molecule has 0 bridgehead atoms. The number of phenolic OH excluding ortho intramolecular Hbond substituents is 1. The zero-order valence-electron chi connectivity index (χ0n) is 10.8. The monoisotopic (exact) mass is 329 g/mol. The van der Waals surface area contributed by atoms with Gasteiger partial charge < -0.3 is 9.84 Å². The number of phenols is 1. The summed E-state index contributed by atoms with van der Waals surface area (Å²) in [5.41, 5.74) is 1.03. The lowest BCUT2D eigenvalue weighted by Crippen LogP contribution is -1.90. The van der Waals surface area contributed by atoms with Crippen LogP contribution in [-0.4, -0.2) is 10.1 Å². The number of fused-ring (bicyclic) bond motifs is 1. The average Bonchev–Trinajstić information content (AvgIpc) is 2.42. The van der Waals surface area contributed by atoms with Crippen molar-refractivity contribution in [2.75, 3.05) is 0 Å². The fourth-order valence-electron chi connectivity index (χ4n) is 1.99. The van der Waals surface area contributed by atoms with E-state index in [-0.39, 0.29) is 5.75 Å². The lowest BCUT2D eigenvalue weighted by molar-refractivity contribution is 0.402. The van der Waals surface area contributed by atoms with E-state index in [1.807, 2.05) is 37.3 Å². The molecule has 20 heavy (non-hydrogen) atoms. The fourth-order valence-corrected chi connectivity index (χ4v) is 2.53. The first-order valence-electron chi connectivity index (χ1n) is 6.15. The molecule has 1 heterocycles. The van der Waals surface area contributed by atoms with Crippen molar-refractivity contribution in [1.82, 2.24) is 4.98 Å². The highest BCUT2D eigenvalue weighted by atomic mass is 79.9. The van der Waals surface area contributed by atoms with E-state index in [9.17, 15) is 5.11 Å². The Morgan fingerprint density at radius 2 is 1.80 bits per heavy atom. The van der Waals surface area contributed by atoms with E-state index in [2.05, 4.69) is 20.9 Å². The van der Waals surface area contributed by atoms with Crippen molar-refractivity contribution in [3.05, 3.63) is 58.7 Å². The van der Waals surface area contributed by atoms with Gasteiger partial charge in [0.05, 0.1) is 4.47 Å². The lowest BCUT2D eigenvalue weighted by atomic mass is 10.1. The summed E-state index contributed by atoms with van der Waals surface area (Å²) in [7, 11) is 0. The predicted octanol–water partition coefficient (Wildman–Crippen LogP) is 4.80. The molecule has 0 saturated carbocycles. The number of nitrogens with zero attached hydrogens (tertiary/aromatic N) is 1. The van der Waals surface area contributed by atoms with Crippen LogP contribution in [0.5, 0.6) is 17.4 Å². The first-order chi connectivity index (χ1) is 9.63. The van der Waals surface area contributed by atoms with Crippen LogP contribution in [0.15, 0.2) is 53.1 Å². The van der Waals surface area contributed by atoms with E-state index in [1.54, 1.807) is 18.3 Å². The molecule has 0 spiro atoms. The van der Waals surface area contributed by atoms with E-state index >= 15 is 0 Å². The number of aryl methyl sites for hydroxylation is 1. The molecule has 0 fully saturated rings. The largest absolute Gasteiger partial charge is 0.504 e. The smallest absolute Gasteiger partial charge is 0.233 e. The molecule has 0 aliphatic rings. The Morgan fingerprint density at radius 1 is 1.10 bits per heavy atom. The van der Waals surface area contributed by atoms with Crippen LogP contribution >= 0.6 is 15.9 Å². The molecule has 4 heteroatoms. The van der Waals surface area contributed by atoms with Crippen molar-refractivity contribution in [3.63, 3.8) is 0 Å². The second-order valence-electron chi connectivity index (χ2n) is 4.57. The highest BCUT2D eigenvalue weighted by Crippen LogP contribution is 2.36. The van der Waals surface area contributed by atoms with E-state index in [0.29, 0.717) is 11.6 Å². The molecule has 0 aliphatic heterocycles. The van der Waals surface area contributed by atoms with Crippen molar-refractivity contribution < 1.29 is 9.84 Å². The third-order valence-corrected chi connectivity index (χ3v) is 3.55. The van der Waals surface area contributed by atoms with Crippen LogP contribution in [0.1, 0.15) is 5.56 Å². The minimum atomic E-state index is 0.0953. The molecule has 3 nitrogen and oxygen atoms in total. The highest BCUT2D eigenvalue weighted by Gasteiger charge is 2.09. The quantitative estimate of drug-likeness (QED) is 0.734. The van der Waals surface area contributed by atoms with Crippen molar-refractivity contribution in [3.8, 4) is 17.4 Å². The summed E-state index contributed by atoms with van der Waals surface area (Å²) < 4.78 is 6.45. The minimum absolute atomic E-state index is 0.0953. The molecule has 3 aromatic rings. The summed E-state index contributed by atoms with van der Waals surface area (Å²) in [5, 5.41) is 12.0. The Bertz CT molecular complexity index is 787. The molecule has 1 aromatic heterocycles. The zero-order valence-corrected chi connectivity index (χ0v) is 12.4. The normalized spacial score (nSPS) is 10.7. The van der Waals surface area contributed by atoms with Crippen LogP contribution in [0.4, 0.5) is 0 Å². The number of hydrogen-bond acceptors (Lipinski definition) is 3. The molecule has 2 aromatic carbocycles. The van der Waals surface area contributed by atoms with Crippen molar-refractivity contribution in [1.29, 1.82) is 0 Å². The molecule has 100 valence electrons. The maximum atomic E-state index is 10.0. The Morgan fingerprint density at radius 3 is 2.50 bits per heavy atom. The summed E-state index contributed by atoms with van der Waals surface area (Å²) in [6.07, 6.45) is 1.72. The third-order valence-electron chi connectivity index (χ3n) is 2.98. The maximum absolute atomic E-state index is 10.0. The Balaban J connectivity index is 2.03. The maximum Gasteiger partial charge on any atom is 0.233 e. The second kappa shape index (κ2) is 5.13. The molecule has 1 N–H and O–H groups in total. The van der Waals surface area contributed by atoms with Gasteiger partial charge in [-0.25, -0.2) is 4.98 Å². The van der Waals surface area contributed by atoms with Gasteiger partial charge in [0.1, 0.15) is 0 Å². The van der Waals surface area contributed by atoms with E-state index in [4.69, 9.17) is 4.74 Å². The molecular formula is C16H12BrNO2. The summed E-state index contributed by atoms with van der Waals surface area (Å²) in [4.78, 5) is 4.21. The van der Waals surface area contributed by atoms with Gasteiger partial charge in [0.2, 0.25) is 5.88 Å². The van der Waals surface area contributed by atoms with Crippen LogP contribution in [-0.2, 0) is 0 Å². The molecule has 0 aliphatic carbocycles. The van der Waals surface area contributed by atoms with Gasteiger partial charge >= 0.3 is 0 Å². The first-order valence-corrected chi connectivity index (χ1v) is 6.94. The topological polar surface area (TPSA) is 42.4 Å². The van der Waals surface area contributed by atoms with Gasteiger partial charge in [0.15, 0.2) is 11.5 Å². The Kier molecular flexibility index (Phi) is 3.32. The summed E-state index contributed by atoms with van der Waals surface area (Å²) in [6, 6.07) is 13.2. The van der Waals surface area contributed by atoms with E-state index in [0.717, 1.165) is 20.8 Å². The second-order valence-corrected chi connectivity index (χ2v) is 5.42. The number of hydrogen-bond donors (Lipinski definition) is 1. The molecule has 0 amide bonds. The highest BCUT2D eigenvalue weighted by molar-refractivity contribution is 9.10. The summed E-state index contributed by atoms with van der Waals surface area (Å²) in [5.74, 6) is 0.917. The predicted molar refractivity (Wildman–Crippen MR) is 82.4 cm³/mol. The standard InChI is InChI=1S/C16H12BrNO2/c1-10-6-13(17)16(18-9-10)20-15-8-12-5-3-2-4-11(12)7-14(15)19/h2-9,19H,1H3. The number of ether oxygens (including phenoxy) is 1. The zero-order chi connectivity index (χ0) is 14.1. The SMILES string of the molecule is Cc1cnc(Oc2cc3ccccc3cc2O)c(Br)c1. The van der Waals surface area contributed by atoms with Crippen molar-refractivity contribution in [2.45, 2.75) is 6.92 Å². The molecular weight excluding hydrogens is 318 g/mol. The number of rotatable bonds is 2. The van der Waals surface area contributed by atoms with Gasteiger partial charge in [-0.2, -0.15) is 0 Å². The van der Waals surface area contributed by atoms with Gasteiger partial charge in [-0.05, 0) is 57.4 Å². The van der Waals surface area contributed by atoms with Gasteiger partial charge in [0.25, 0.3) is 0 Å². The average molecular weight is 330 g/mol. The molecule has 0 atom stereocenters. The van der Waals surface area contributed by atoms with Crippen molar-refractivity contribution in [2.24, 2.45) is 0 Å². The van der Waals surface area contributed by atoms with Crippen LogP contribution in [0, 0.1) is 6.92 Å². The van der Waals surface area contributed by atoms with Gasteiger partial charge in [-0.1, -0.05) is 24.3 Å². The molecule has 3 rings (SSSR count). The summed E-state index contributed by atoms with van der Waals surface area (Å²) >= 11 is 3.41. The fraction of sp³-hybridized carbons (Fsp3) is 0.0625. The van der Waals surface area contributed by atoms with Gasteiger partial charge in [-0.3, -0.25) is 0 Å². The number of benzene rings is 2.